The van der Waals surface area contributed by atoms with Gasteiger partial charge in [0.15, 0.2) is 5.82 Å². The van der Waals surface area contributed by atoms with Gasteiger partial charge in [0, 0.05) is 6.92 Å². The van der Waals surface area contributed by atoms with E-state index in [9.17, 15) is 23.3 Å². The average Bonchev–Trinajstić information content (AvgIpc) is 2.67. The Morgan fingerprint density at radius 3 is 2.45 bits per heavy atom. The van der Waals surface area contributed by atoms with Crippen LogP contribution in [0.4, 0.5) is 19.0 Å². The van der Waals surface area contributed by atoms with Crippen molar-refractivity contribution in [3.8, 4) is 0 Å². The number of aromatic nitrogens is 2. The summed E-state index contributed by atoms with van der Waals surface area (Å²) in [5.74, 6) is -2.07. The van der Waals surface area contributed by atoms with Crippen LogP contribution in [0, 0.1) is 17.0 Å². The van der Waals surface area contributed by atoms with Gasteiger partial charge in [-0.15, -0.1) is 0 Å². The summed E-state index contributed by atoms with van der Waals surface area (Å²) >= 11 is 0. The number of carboxylic acids is 1. The summed E-state index contributed by atoms with van der Waals surface area (Å²) in [6.45, 7) is 2.82. The molecule has 0 aliphatic carbocycles. The fourth-order valence-corrected chi connectivity index (χ4v) is 1.13. The highest BCUT2D eigenvalue weighted by Crippen LogP contribution is 2.14. The molecule has 0 aliphatic heterocycles. The molecule has 0 atom stereocenters. The van der Waals surface area contributed by atoms with E-state index < -0.39 is 17.1 Å². The van der Waals surface area contributed by atoms with Crippen LogP contribution in [0.5, 0.6) is 0 Å². The molecule has 8 nitrogen and oxygen atoms in total. The number of nitro groups is 1. The zero-order valence-corrected chi connectivity index (χ0v) is 10.4. The first-order chi connectivity index (χ1) is 9.11. The van der Waals surface area contributed by atoms with Gasteiger partial charge in [0.2, 0.25) is 0 Å². The third kappa shape index (κ3) is 5.65. The van der Waals surface area contributed by atoms with Crippen molar-refractivity contribution in [1.29, 1.82) is 0 Å². The van der Waals surface area contributed by atoms with E-state index in [4.69, 9.17) is 15.6 Å². The summed E-state index contributed by atoms with van der Waals surface area (Å²) in [6.07, 6.45) is -3.09. The summed E-state index contributed by atoms with van der Waals surface area (Å²) in [5, 5.41) is 17.6. The normalized spacial score (nSPS) is 10.7. The maximum absolute atomic E-state index is 10.6. The minimum atomic E-state index is -5.08. The van der Waals surface area contributed by atoms with Crippen LogP contribution in [0.1, 0.15) is 12.2 Å². The fraction of sp³-hybridized carbons (Fsp3) is 0.556. The van der Waals surface area contributed by atoms with Gasteiger partial charge in [-0.05, 0) is 17.9 Å². The predicted octanol–water partition coefficient (Wildman–Crippen LogP) is 1.08. The number of nitrogens with two attached hydrogens (primary N) is 1. The molecule has 0 aliphatic rings. The molecule has 3 N–H and O–H groups in total. The number of carbonyl (C=O) groups is 1. The summed E-state index contributed by atoms with van der Waals surface area (Å²) in [5.41, 5.74) is 5.32. The third-order valence-corrected chi connectivity index (χ3v) is 2.05. The number of nitrogens with zero attached hydrogens (tertiary/aromatic N) is 3. The molecule has 1 heterocycles. The standard InChI is InChI=1S/C7H12N4O2.C2HF3O2/c1-6-9-5-7(11(12)13)10(6)4-2-3-8;3-2(4,5)1(6)7/h5H,2-4,8H2,1H3;(H,6,7). The van der Waals surface area contributed by atoms with E-state index in [0.29, 0.717) is 18.9 Å². The minimum absolute atomic E-state index is 0.0333. The van der Waals surface area contributed by atoms with E-state index in [1.807, 2.05) is 0 Å². The lowest BCUT2D eigenvalue weighted by molar-refractivity contribution is -0.392. The van der Waals surface area contributed by atoms with Crippen molar-refractivity contribution >= 4 is 11.8 Å². The lowest BCUT2D eigenvalue weighted by atomic mass is 10.4. The number of imidazole rings is 1. The molecule has 11 heteroatoms. The Kier molecular flexibility index (Phi) is 6.62. The molecule has 0 saturated heterocycles. The van der Waals surface area contributed by atoms with Crippen molar-refractivity contribution in [3.05, 3.63) is 22.1 Å². The number of hydrogen-bond acceptors (Lipinski definition) is 5. The van der Waals surface area contributed by atoms with Crippen LogP contribution in [0.3, 0.4) is 0 Å². The van der Waals surface area contributed by atoms with Gasteiger partial charge in [-0.3, -0.25) is 0 Å². The molecule has 0 aromatic carbocycles. The maximum atomic E-state index is 10.6. The van der Waals surface area contributed by atoms with Gasteiger partial charge in [0.05, 0.1) is 6.54 Å². The van der Waals surface area contributed by atoms with Crippen molar-refractivity contribution in [3.63, 3.8) is 0 Å². The largest absolute Gasteiger partial charge is 0.490 e. The number of hydrogen-bond donors (Lipinski definition) is 2. The topological polar surface area (TPSA) is 124 Å². The lowest BCUT2D eigenvalue weighted by Gasteiger charge is -2.00. The summed E-state index contributed by atoms with van der Waals surface area (Å²) < 4.78 is 33.3. The molecule has 1 aromatic rings. The van der Waals surface area contributed by atoms with Gasteiger partial charge in [-0.2, -0.15) is 13.2 Å². The van der Waals surface area contributed by atoms with Gasteiger partial charge in [-0.25, -0.2) is 14.3 Å². The first-order valence-corrected chi connectivity index (χ1v) is 5.28. The van der Waals surface area contributed by atoms with Crippen molar-refractivity contribution in [2.75, 3.05) is 6.54 Å². The second-order valence-corrected chi connectivity index (χ2v) is 3.52. The molecular formula is C9H13F3N4O4. The maximum Gasteiger partial charge on any atom is 0.490 e. The van der Waals surface area contributed by atoms with E-state index >= 15 is 0 Å². The zero-order chi connectivity index (χ0) is 15.9. The zero-order valence-electron chi connectivity index (χ0n) is 10.4. The van der Waals surface area contributed by atoms with E-state index in [1.165, 1.54) is 6.20 Å². The molecule has 0 bridgehead atoms. The quantitative estimate of drug-likeness (QED) is 0.633. The highest BCUT2D eigenvalue weighted by molar-refractivity contribution is 5.73. The minimum Gasteiger partial charge on any atom is -0.475 e. The first-order valence-electron chi connectivity index (χ1n) is 5.28. The lowest BCUT2D eigenvalue weighted by Crippen LogP contribution is -2.21. The van der Waals surface area contributed by atoms with Crippen LogP contribution in [-0.2, 0) is 11.3 Å². The Labute approximate surface area is 111 Å². The van der Waals surface area contributed by atoms with Gasteiger partial charge in [-0.1, -0.05) is 0 Å². The Bertz CT molecular complexity index is 472. The van der Waals surface area contributed by atoms with Gasteiger partial charge in [0.1, 0.15) is 6.20 Å². The molecule has 0 saturated carbocycles. The Balaban J connectivity index is 0.000000441. The Morgan fingerprint density at radius 1 is 1.60 bits per heavy atom. The van der Waals surface area contributed by atoms with Crippen LogP contribution in [0.2, 0.25) is 0 Å². The number of halogens is 3. The van der Waals surface area contributed by atoms with Crippen LogP contribution < -0.4 is 5.73 Å². The highest BCUT2D eigenvalue weighted by Gasteiger charge is 2.38. The predicted molar refractivity (Wildman–Crippen MR) is 61.0 cm³/mol. The van der Waals surface area contributed by atoms with Gasteiger partial charge < -0.3 is 21.0 Å². The van der Waals surface area contributed by atoms with E-state index in [2.05, 4.69) is 4.98 Å². The van der Waals surface area contributed by atoms with E-state index in [-0.39, 0.29) is 5.82 Å². The summed E-state index contributed by atoms with van der Waals surface area (Å²) in [7, 11) is 0. The Hall–Kier alpha value is -2.17. The van der Waals surface area contributed by atoms with Crippen molar-refractivity contribution in [1.82, 2.24) is 9.55 Å². The molecule has 0 radical (unpaired) electrons. The first kappa shape index (κ1) is 17.8. The molecule has 0 amide bonds. The summed E-state index contributed by atoms with van der Waals surface area (Å²) in [6, 6.07) is 0. The molecule has 1 rings (SSSR count). The van der Waals surface area contributed by atoms with Crippen LogP contribution in [0.15, 0.2) is 6.20 Å². The smallest absolute Gasteiger partial charge is 0.475 e. The van der Waals surface area contributed by atoms with E-state index in [0.717, 1.165) is 6.42 Å². The molecule has 0 unspecified atom stereocenters. The van der Waals surface area contributed by atoms with Crippen LogP contribution in [0.25, 0.3) is 0 Å². The fourth-order valence-electron chi connectivity index (χ4n) is 1.13. The average molecular weight is 298 g/mol. The highest BCUT2D eigenvalue weighted by atomic mass is 19.4. The van der Waals surface area contributed by atoms with Crippen LogP contribution >= 0.6 is 0 Å². The molecule has 20 heavy (non-hydrogen) atoms. The number of rotatable bonds is 4. The van der Waals surface area contributed by atoms with Crippen molar-refractivity contribution < 1.29 is 28.0 Å². The number of alkyl halides is 3. The van der Waals surface area contributed by atoms with Gasteiger partial charge >= 0.3 is 18.0 Å². The SMILES string of the molecule is Cc1ncc([N+](=O)[O-])n1CCCN.O=C(O)C(F)(F)F. The molecular weight excluding hydrogens is 285 g/mol. The summed E-state index contributed by atoms with van der Waals surface area (Å²) in [4.78, 5) is 22.8. The molecule has 1 aromatic heterocycles. The van der Waals surface area contributed by atoms with Crippen LogP contribution in [-0.4, -0.2) is 38.3 Å². The second-order valence-electron chi connectivity index (χ2n) is 3.52. The van der Waals surface area contributed by atoms with Crippen molar-refractivity contribution in [2.45, 2.75) is 26.1 Å². The monoisotopic (exact) mass is 298 g/mol. The molecule has 114 valence electrons. The third-order valence-electron chi connectivity index (χ3n) is 2.05. The van der Waals surface area contributed by atoms with E-state index in [1.54, 1.807) is 11.5 Å². The molecule has 0 spiro atoms. The number of aryl methyl sites for hydroxylation is 1. The molecule has 0 fully saturated rings. The second kappa shape index (κ2) is 7.43. The number of aliphatic carboxylic acids is 1. The Morgan fingerprint density at radius 2 is 2.10 bits per heavy atom. The number of carboxylic acid groups (broad SMARTS) is 1. The van der Waals surface area contributed by atoms with Gasteiger partial charge in [0.25, 0.3) is 0 Å². The van der Waals surface area contributed by atoms with Crippen molar-refractivity contribution in [2.24, 2.45) is 5.73 Å².